The Kier molecular flexibility index (Phi) is 25.8. The number of benzene rings is 1. The van der Waals surface area contributed by atoms with Gasteiger partial charge in [0, 0.05) is 0 Å². The van der Waals surface area contributed by atoms with Crippen LogP contribution in [0.1, 0.15) is 54.0 Å². The molecule has 0 heteroatoms. The van der Waals surface area contributed by atoms with Gasteiger partial charge >= 0.3 is 0 Å². The van der Waals surface area contributed by atoms with Gasteiger partial charge in [-0.15, -0.1) is 0 Å². The molecule has 108 valence electrons. The van der Waals surface area contributed by atoms with Crippen LogP contribution in [0.4, 0.5) is 0 Å². The van der Waals surface area contributed by atoms with E-state index in [0.29, 0.717) is 0 Å². The van der Waals surface area contributed by atoms with Gasteiger partial charge in [-0.05, 0) is 18.1 Å². The van der Waals surface area contributed by atoms with Crippen LogP contribution in [0.2, 0.25) is 0 Å². The first-order chi connectivity index (χ1) is 9.38. The van der Waals surface area contributed by atoms with Crippen molar-refractivity contribution in [2.45, 2.75) is 48.5 Å². The molecule has 0 atom stereocenters. The van der Waals surface area contributed by atoms with E-state index in [2.05, 4.69) is 30.9 Å². The van der Waals surface area contributed by atoms with Crippen molar-refractivity contribution < 1.29 is 0 Å². The Labute approximate surface area is 121 Å². The lowest BCUT2D eigenvalue weighted by Crippen LogP contribution is -1.77. The van der Waals surface area contributed by atoms with Crippen molar-refractivity contribution >= 4 is 5.57 Å². The molecule has 0 aliphatic carbocycles. The van der Waals surface area contributed by atoms with Crippen LogP contribution in [-0.2, 0) is 0 Å². The average molecular weight is 260 g/mol. The second-order valence-electron chi connectivity index (χ2n) is 2.70. The minimum absolute atomic E-state index is 1.22. The summed E-state index contributed by atoms with van der Waals surface area (Å²) < 4.78 is 0. The lowest BCUT2D eigenvalue weighted by Gasteiger charge is -1.99. The minimum atomic E-state index is 1.22. The Bertz CT molecular complexity index is 315. The van der Waals surface area contributed by atoms with E-state index in [4.69, 9.17) is 0 Å². The molecule has 19 heavy (non-hydrogen) atoms. The summed E-state index contributed by atoms with van der Waals surface area (Å²) in [6.45, 7) is 17.7. The molecule has 0 aromatic heterocycles. The van der Waals surface area contributed by atoms with Crippen LogP contribution in [0, 0.1) is 0 Å². The standard InChI is InChI=1S/C13H14.3C2H6/c1-3-5-9-12(4-2)13-10-7-6-8-11-13;3*1-2/h3-11H,1H2,2H3;3*1-2H3/b9-5-,12-4+;;;. The predicted octanol–water partition coefficient (Wildman–Crippen LogP) is 6.91. The van der Waals surface area contributed by atoms with Gasteiger partial charge < -0.3 is 0 Å². The highest BCUT2D eigenvalue weighted by atomic mass is 14.0. The Morgan fingerprint density at radius 3 is 1.74 bits per heavy atom. The zero-order valence-electron chi connectivity index (χ0n) is 13.9. The lowest BCUT2D eigenvalue weighted by atomic mass is 10.1. The number of hydrogen-bond acceptors (Lipinski definition) is 0. The van der Waals surface area contributed by atoms with Crippen molar-refractivity contribution in [2.75, 3.05) is 0 Å². The maximum atomic E-state index is 3.65. The van der Waals surface area contributed by atoms with Gasteiger partial charge in [0.2, 0.25) is 0 Å². The van der Waals surface area contributed by atoms with Gasteiger partial charge in [-0.2, -0.15) is 0 Å². The van der Waals surface area contributed by atoms with E-state index in [9.17, 15) is 0 Å². The fourth-order valence-electron chi connectivity index (χ4n) is 1.16. The van der Waals surface area contributed by atoms with Crippen LogP contribution in [0.5, 0.6) is 0 Å². The number of hydrogen-bond donors (Lipinski definition) is 0. The van der Waals surface area contributed by atoms with Gasteiger partial charge in [0.15, 0.2) is 0 Å². The third-order valence-corrected chi connectivity index (χ3v) is 1.83. The first kappa shape index (κ1) is 22.6. The van der Waals surface area contributed by atoms with Crippen molar-refractivity contribution in [3.05, 3.63) is 66.8 Å². The van der Waals surface area contributed by atoms with Crippen LogP contribution >= 0.6 is 0 Å². The van der Waals surface area contributed by atoms with Gasteiger partial charge in [0.25, 0.3) is 0 Å². The van der Waals surface area contributed by atoms with Crippen molar-refractivity contribution in [3.63, 3.8) is 0 Å². The Morgan fingerprint density at radius 2 is 1.37 bits per heavy atom. The fraction of sp³-hybridized carbons (Fsp3) is 0.368. The van der Waals surface area contributed by atoms with Crippen molar-refractivity contribution in [3.8, 4) is 0 Å². The Balaban J connectivity index is -0.000000375. The van der Waals surface area contributed by atoms with E-state index in [1.165, 1.54) is 11.1 Å². The van der Waals surface area contributed by atoms with Gasteiger partial charge in [0.05, 0.1) is 0 Å². The largest absolute Gasteiger partial charge is 0.0991 e. The number of rotatable bonds is 3. The third kappa shape index (κ3) is 12.7. The van der Waals surface area contributed by atoms with Crippen LogP contribution in [0.15, 0.2) is 61.2 Å². The van der Waals surface area contributed by atoms with E-state index in [0.717, 1.165) is 0 Å². The topological polar surface area (TPSA) is 0 Å². The summed E-state index contributed by atoms with van der Waals surface area (Å²) in [4.78, 5) is 0. The zero-order chi connectivity index (χ0) is 15.5. The van der Waals surface area contributed by atoms with Crippen LogP contribution in [0.3, 0.4) is 0 Å². The fourth-order valence-corrected chi connectivity index (χ4v) is 1.16. The Hall–Kier alpha value is -1.56. The van der Waals surface area contributed by atoms with Gasteiger partial charge in [-0.25, -0.2) is 0 Å². The highest BCUT2D eigenvalue weighted by Crippen LogP contribution is 2.14. The average Bonchev–Trinajstić information content (AvgIpc) is 2.55. The van der Waals surface area contributed by atoms with E-state index < -0.39 is 0 Å². The molecule has 0 unspecified atom stereocenters. The molecule has 0 saturated heterocycles. The summed E-state index contributed by atoms with van der Waals surface area (Å²) in [5.74, 6) is 0. The van der Waals surface area contributed by atoms with E-state index >= 15 is 0 Å². The van der Waals surface area contributed by atoms with Crippen LogP contribution in [-0.4, -0.2) is 0 Å². The molecule has 1 aromatic rings. The first-order valence-electron chi connectivity index (χ1n) is 7.39. The quantitative estimate of drug-likeness (QED) is 0.518. The second kappa shape index (κ2) is 21.7. The normalized spacial score (nSPS) is 9.11. The molecule has 0 radical (unpaired) electrons. The SMILES string of the molecule is C=C/C=C\C(=C/C)c1ccccc1.CC.CC.CC. The predicted molar refractivity (Wildman–Crippen MR) is 93.5 cm³/mol. The first-order valence-corrected chi connectivity index (χ1v) is 7.39. The molecular weight excluding hydrogens is 228 g/mol. The lowest BCUT2D eigenvalue weighted by molar-refractivity contribution is 1.50. The molecule has 1 aromatic carbocycles. The van der Waals surface area contributed by atoms with Crippen LogP contribution in [0.25, 0.3) is 5.57 Å². The zero-order valence-corrected chi connectivity index (χ0v) is 13.9. The van der Waals surface area contributed by atoms with Gasteiger partial charge in [-0.3, -0.25) is 0 Å². The summed E-state index contributed by atoms with van der Waals surface area (Å²) in [6.07, 6.45) is 7.88. The molecule has 0 bridgehead atoms. The van der Waals surface area contributed by atoms with Crippen LogP contribution < -0.4 is 0 Å². The summed E-state index contributed by atoms with van der Waals surface area (Å²) in [5.41, 5.74) is 2.46. The minimum Gasteiger partial charge on any atom is -0.0991 e. The molecule has 0 fully saturated rings. The molecular formula is C19H32. The monoisotopic (exact) mass is 260 g/mol. The summed E-state index contributed by atoms with van der Waals surface area (Å²) >= 11 is 0. The molecule has 0 heterocycles. The maximum Gasteiger partial charge on any atom is -0.0187 e. The molecule has 0 spiro atoms. The maximum absolute atomic E-state index is 3.65. The van der Waals surface area contributed by atoms with E-state index in [-0.39, 0.29) is 0 Å². The molecule has 0 aliphatic heterocycles. The summed E-state index contributed by atoms with van der Waals surface area (Å²) in [7, 11) is 0. The smallest absolute Gasteiger partial charge is 0.0187 e. The molecule has 0 saturated carbocycles. The molecule has 0 N–H and O–H groups in total. The van der Waals surface area contributed by atoms with Gasteiger partial charge in [0.1, 0.15) is 0 Å². The molecule has 0 amide bonds. The highest BCUT2D eigenvalue weighted by Gasteiger charge is 1.92. The van der Waals surface area contributed by atoms with Gasteiger partial charge in [-0.1, -0.05) is 103 Å². The summed E-state index contributed by atoms with van der Waals surface area (Å²) in [5, 5.41) is 0. The van der Waals surface area contributed by atoms with E-state index in [1.54, 1.807) is 6.08 Å². The van der Waals surface area contributed by atoms with Crippen molar-refractivity contribution in [2.24, 2.45) is 0 Å². The molecule has 1 rings (SSSR count). The van der Waals surface area contributed by atoms with Crippen molar-refractivity contribution in [1.82, 2.24) is 0 Å². The Morgan fingerprint density at radius 1 is 0.895 bits per heavy atom. The molecule has 0 nitrogen and oxygen atoms in total. The number of allylic oxidation sites excluding steroid dienone is 5. The third-order valence-electron chi connectivity index (χ3n) is 1.83. The van der Waals surface area contributed by atoms with Crippen molar-refractivity contribution in [1.29, 1.82) is 0 Å². The van der Waals surface area contributed by atoms with E-state index in [1.807, 2.05) is 72.7 Å². The summed E-state index contributed by atoms with van der Waals surface area (Å²) in [6, 6.07) is 10.3. The second-order valence-corrected chi connectivity index (χ2v) is 2.70. The molecule has 0 aliphatic rings. The highest BCUT2D eigenvalue weighted by molar-refractivity contribution is 5.73.